The largest absolute Gasteiger partial charge is 0.338 e. The molecule has 1 aromatic carbocycles. The Hall–Kier alpha value is -2.98. The minimum absolute atomic E-state index is 0.217. The van der Waals surface area contributed by atoms with Crippen LogP contribution < -0.4 is 16.6 Å². The normalized spacial score (nSPS) is 16.8. The first-order chi connectivity index (χ1) is 14.4. The highest BCUT2D eigenvalue weighted by molar-refractivity contribution is 5.86. The van der Waals surface area contributed by atoms with Crippen LogP contribution in [-0.2, 0) is 17.6 Å². The fourth-order valence-electron chi connectivity index (χ4n) is 4.01. The van der Waals surface area contributed by atoms with Crippen molar-refractivity contribution in [1.82, 2.24) is 15.5 Å². The zero-order valence-corrected chi connectivity index (χ0v) is 17.4. The number of benzene rings is 1. The molecule has 0 aliphatic heterocycles. The van der Waals surface area contributed by atoms with Crippen molar-refractivity contribution in [2.45, 2.75) is 69.9 Å². The molecule has 0 bridgehead atoms. The van der Waals surface area contributed by atoms with Crippen LogP contribution in [0.25, 0.3) is 11.3 Å². The Morgan fingerprint density at radius 3 is 2.53 bits per heavy atom. The van der Waals surface area contributed by atoms with Crippen molar-refractivity contribution in [1.29, 1.82) is 5.26 Å². The predicted molar refractivity (Wildman–Crippen MR) is 116 cm³/mol. The summed E-state index contributed by atoms with van der Waals surface area (Å²) in [7, 11) is 0. The van der Waals surface area contributed by atoms with Crippen molar-refractivity contribution < 1.29 is 4.79 Å². The van der Waals surface area contributed by atoms with Gasteiger partial charge in [-0.25, -0.2) is 5.10 Å². The second-order valence-electron chi connectivity index (χ2n) is 8.09. The predicted octanol–water partition coefficient (Wildman–Crippen LogP) is 2.60. The molecular formula is C23H29N5O2. The summed E-state index contributed by atoms with van der Waals surface area (Å²) in [5.74, 6) is -0.224. The smallest absolute Gasteiger partial charge is 0.264 e. The lowest BCUT2D eigenvalue weighted by Gasteiger charge is -2.28. The van der Waals surface area contributed by atoms with Gasteiger partial charge in [-0.2, -0.15) is 10.4 Å². The molecule has 1 fully saturated rings. The van der Waals surface area contributed by atoms with Crippen LogP contribution in [0.5, 0.6) is 0 Å². The Labute approximate surface area is 176 Å². The molecule has 1 aromatic heterocycles. The Morgan fingerprint density at radius 2 is 1.93 bits per heavy atom. The van der Waals surface area contributed by atoms with E-state index in [9.17, 15) is 14.9 Å². The van der Waals surface area contributed by atoms with E-state index in [0.29, 0.717) is 25.7 Å². The maximum atomic E-state index is 12.7. The summed E-state index contributed by atoms with van der Waals surface area (Å²) in [4.78, 5) is 24.2. The van der Waals surface area contributed by atoms with Gasteiger partial charge in [-0.15, -0.1) is 0 Å². The van der Waals surface area contributed by atoms with Gasteiger partial charge in [-0.1, -0.05) is 56.9 Å². The third-order valence-corrected chi connectivity index (χ3v) is 5.84. The number of nitrogens with two attached hydrogens (primary N) is 1. The average molecular weight is 408 g/mol. The highest BCUT2D eigenvalue weighted by atomic mass is 16.2. The number of hydrogen-bond donors (Lipinski definition) is 3. The van der Waals surface area contributed by atoms with E-state index >= 15 is 0 Å². The number of H-pyrrole nitrogens is 1. The van der Waals surface area contributed by atoms with Gasteiger partial charge in [-0.05, 0) is 30.4 Å². The first-order valence-electron chi connectivity index (χ1n) is 10.6. The van der Waals surface area contributed by atoms with Crippen molar-refractivity contribution in [3.05, 3.63) is 51.8 Å². The van der Waals surface area contributed by atoms with Crippen LogP contribution in [-0.4, -0.2) is 27.7 Å². The van der Waals surface area contributed by atoms with Crippen LogP contribution in [0, 0.1) is 11.3 Å². The zero-order chi connectivity index (χ0) is 21.6. The van der Waals surface area contributed by atoms with Crippen LogP contribution in [0.3, 0.4) is 0 Å². The zero-order valence-electron chi connectivity index (χ0n) is 17.4. The van der Waals surface area contributed by atoms with Crippen LogP contribution in [0.4, 0.5) is 0 Å². The van der Waals surface area contributed by atoms with Crippen molar-refractivity contribution in [2.24, 2.45) is 5.73 Å². The number of nitrogens with one attached hydrogen (secondary N) is 2. The third-order valence-electron chi connectivity index (χ3n) is 5.84. The molecule has 4 N–H and O–H groups in total. The van der Waals surface area contributed by atoms with Gasteiger partial charge in [0.2, 0.25) is 5.91 Å². The maximum Gasteiger partial charge on any atom is 0.264 e. The lowest BCUT2D eigenvalue weighted by Crippen LogP contribution is -2.56. The molecule has 7 heteroatoms. The first kappa shape index (κ1) is 21.7. The highest BCUT2D eigenvalue weighted by Crippen LogP contribution is 2.25. The molecule has 1 aliphatic rings. The van der Waals surface area contributed by atoms with Crippen molar-refractivity contribution in [3.63, 3.8) is 0 Å². The molecule has 0 saturated heterocycles. The average Bonchev–Trinajstić information content (AvgIpc) is 2.99. The SMILES string of the molecule is CCc1cc(=O)[nH]nc1-c1ccc(C[C@@H](C#N)NC(=O)C2(N)CCCCCC2)cc1. The molecule has 0 radical (unpaired) electrons. The second kappa shape index (κ2) is 9.68. The minimum Gasteiger partial charge on any atom is -0.338 e. The number of nitriles is 1. The topological polar surface area (TPSA) is 125 Å². The molecule has 1 saturated carbocycles. The summed E-state index contributed by atoms with van der Waals surface area (Å²) in [5, 5.41) is 19.1. The fraction of sp³-hybridized carbons (Fsp3) is 0.478. The summed E-state index contributed by atoms with van der Waals surface area (Å²) in [5.41, 5.74) is 8.72. The highest BCUT2D eigenvalue weighted by Gasteiger charge is 2.35. The van der Waals surface area contributed by atoms with Gasteiger partial charge in [-0.3, -0.25) is 9.59 Å². The molecule has 0 unspecified atom stereocenters. The molecular weight excluding hydrogens is 378 g/mol. The van der Waals surface area contributed by atoms with E-state index in [0.717, 1.165) is 48.1 Å². The Bertz CT molecular complexity index is 966. The van der Waals surface area contributed by atoms with Gasteiger partial charge in [0.05, 0.1) is 17.3 Å². The van der Waals surface area contributed by atoms with E-state index in [1.165, 1.54) is 0 Å². The van der Waals surface area contributed by atoms with E-state index in [2.05, 4.69) is 21.6 Å². The molecule has 1 aliphatic carbocycles. The van der Waals surface area contributed by atoms with Crippen LogP contribution in [0.1, 0.15) is 56.6 Å². The quantitative estimate of drug-likeness (QED) is 0.635. The Balaban J connectivity index is 1.68. The van der Waals surface area contributed by atoms with Crippen molar-refractivity contribution in [3.8, 4) is 17.3 Å². The number of rotatable bonds is 6. The van der Waals surface area contributed by atoms with Gasteiger partial charge in [0.1, 0.15) is 6.04 Å². The molecule has 7 nitrogen and oxygen atoms in total. The van der Waals surface area contributed by atoms with E-state index in [4.69, 9.17) is 5.73 Å². The number of nitrogens with zero attached hydrogens (tertiary/aromatic N) is 2. The molecule has 30 heavy (non-hydrogen) atoms. The molecule has 158 valence electrons. The first-order valence-corrected chi connectivity index (χ1v) is 10.6. The molecule has 1 amide bonds. The van der Waals surface area contributed by atoms with Gasteiger partial charge in [0, 0.05) is 18.1 Å². The van der Waals surface area contributed by atoms with E-state index in [1.807, 2.05) is 31.2 Å². The summed E-state index contributed by atoms with van der Waals surface area (Å²) in [6.45, 7) is 1.98. The van der Waals surface area contributed by atoms with Crippen LogP contribution in [0.15, 0.2) is 35.1 Å². The molecule has 3 rings (SSSR count). The molecule has 0 spiro atoms. The van der Waals surface area contributed by atoms with Gasteiger partial charge in [0.15, 0.2) is 0 Å². The van der Waals surface area contributed by atoms with E-state index in [-0.39, 0.29) is 11.5 Å². The summed E-state index contributed by atoms with van der Waals surface area (Å²) < 4.78 is 0. The summed E-state index contributed by atoms with van der Waals surface area (Å²) >= 11 is 0. The summed E-state index contributed by atoms with van der Waals surface area (Å²) in [6, 6.07) is 10.8. The number of hydrogen-bond acceptors (Lipinski definition) is 5. The maximum absolute atomic E-state index is 12.7. The number of aromatic nitrogens is 2. The lowest BCUT2D eigenvalue weighted by molar-refractivity contribution is -0.127. The number of carbonyl (C=O) groups is 1. The lowest BCUT2D eigenvalue weighted by atomic mass is 9.90. The minimum atomic E-state index is -0.873. The van der Waals surface area contributed by atoms with Gasteiger partial charge in [0.25, 0.3) is 5.56 Å². The number of amides is 1. The third kappa shape index (κ3) is 5.14. The molecule has 1 heterocycles. The number of carbonyl (C=O) groups excluding carboxylic acids is 1. The van der Waals surface area contributed by atoms with Gasteiger partial charge >= 0.3 is 0 Å². The van der Waals surface area contributed by atoms with E-state index < -0.39 is 11.6 Å². The molecule has 2 aromatic rings. The fourth-order valence-corrected chi connectivity index (χ4v) is 4.01. The molecule has 1 atom stereocenters. The van der Waals surface area contributed by atoms with Crippen molar-refractivity contribution >= 4 is 5.91 Å². The second-order valence-corrected chi connectivity index (χ2v) is 8.09. The number of aromatic amines is 1. The monoisotopic (exact) mass is 407 g/mol. The van der Waals surface area contributed by atoms with Crippen molar-refractivity contribution in [2.75, 3.05) is 0 Å². The Kier molecular flexibility index (Phi) is 7.01. The van der Waals surface area contributed by atoms with Crippen LogP contribution >= 0.6 is 0 Å². The summed E-state index contributed by atoms with van der Waals surface area (Å²) in [6.07, 6.45) is 6.53. The number of aryl methyl sites for hydroxylation is 1. The van der Waals surface area contributed by atoms with Gasteiger partial charge < -0.3 is 11.1 Å². The standard InChI is InChI=1S/C23H29N5O2/c1-2-17-14-20(29)27-28-21(17)18-9-7-16(8-10-18)13-19(15-24)26-22(30)23(25)11-5-3-4-6-12-23/h7-10,14,19H,2-6,11-13,25H2,1H3,(H,26,30)(H,27,29)/t19-/m0/s1. The van der Waals surface area contributed by atoms with Crippen LogP contribution in [0.2, 0.25) is 0 Å². The Morgan fingerprint density at radius 1 is 1.27 bits per heavy atom. The van der Waals surface area contributed by atoms with E-state index in [1.54, 1.807) is 6.07 Å².